The highest BCUT2D eigenvalue weighted by molar-refractivity contribution is 5.95. The first-order valence-electron chi connectivity index (χ1n) is 10.7. The minimum atomic E-state index is -0.298. The van der Waals surface area contributed by atoms with Gasteiger partial charge in [0.1, 0.15) is 17.3 Å². The molecule has 5 rings (SSSR count). The molecule has 6 nitrogen and oxygen atoms in total. The summed E-state index contributed by atoms with van der Waals surface area (Å²) >= 11 is 0. The number of fused-ring (bicyclic) bond motifs is 1. The van der Waals surface area contributed by atoms with Gasteiger partial charge < -0.3 is 9.64 Å². The third-order valence-electron chi connectivity index (χ3n) is 5.79. The number of carbonyl (C=O) groups excluding carboxylic acids is 1. The molecule has 164 valence electrons. The molecule has 2 heterocycles. The fourth-order valence-electron chi connectivity index (χ4n) is 3.89. The molecule has 0 atom stereocenters. The first kappa shape index (κ1) is 20.8. The summed E-state index contributed by atoms with van der Waals surface area (Å²) < 4.78 is 20.1. The van der Waals surface area contributed by atoms with Crippen LogP contribution in [0.4, 0.5) is 10.1 Å². The van der Waals surface area contributed by atoms with Gasteiger partial charge in [-0.05, 0) is 47.7 Å². The Morgan fingerprint density at radius 3 is 2.91 bits per heavy atom. The van der Waals surface area contributed by atoms with Crippen LogP contribution in [0.1, 0.15) is 39.9 Å². The summed E-state index contributed by atoms with van der Waals surface area (Å²) in [5, 5.41) is 0. The molecule has 1 aliphatic carbocycles. The molecule has 0 bridgehead atoms. The number of ether oxygens (including phenoxy) is 1. The smallest absolute Gasteiger partial charge is 0.255 e. The van der Waals surface area contributed by atoms with Gasteiger partial charge in [-0.25, -0.2) is 9.24 Å². The first-order valence-corrected chi connectivity index (χ1v) is 10.7. The lowest BCUT2D eigenvalue weighted by Gasteiger charge is -2.20. The maximum absolute atomic E-state index is 14.0. The van der Waals surface area contributed by atoms with Gasteiger partial charge in [-0.1, -0.05) is 24.3 Å². The molecule has 3 aromatic rings. The minimum Gasteiger partial charge on any atom is -0.488 e. The molecule has 0 spiro atoms. The number of benzene rings is 2. The summed E-state index contributed by atoms with van der Waals surface area (Å²) in [5.74, 6) is 0.0319. The Hall–Kier alpha value is -4.05. The van der Waals surface area contributed by atoms with Crippen molar-refractivity contribution in [2.24, 2.45) is 4.99 Å². The second kappa shape index (κ2) is 8.47. The summed E-state index contributed by atoms with van der Waals surface area (Å²) in [5.41, 5.74) is 4.50. The average Bonchev–Trinajstić information content (AvgIpc) is 3.50. The van der Waals surface area contributed by atoms with Gasteiger partial charge in [-0.15, -0.1) is 0 Å². The fraction of sp³-hybridized carbons (Fsp3) is 0.231. The minimum absolute atomic E-state index is 0.125. The van der Waals surface area contributed by atoms with Gasteiger partial charge in [-0.2, -0.15) is 0 Å². The van der Waals surface area contributed by atoms with Crippen LogP contribution < -0.4 is 4.74 Å². The number of halogens is 1. The molecule has 1 amide bonds. The van der Waals surface area contributed by atoms with Gasteiger partial charge in [0.05, 0.1) is 24.8 Å². The van der Waals surface area contributed by atoms with E-state index in [1.54, 1.807) is 42.4 Å². The first-order chi connectivity index (χ1) is 16.0. The topological polar surface area (TPSA) is 59.2 Å². The molecular formula is C26H21FN4O2. The van der Waals surface area contributed by atoms with Crippen molar-refractivity contribution in [2.75, 3.05) is 7.05 Å². The van der Waals surface area contributed by atoms with Crippen LogP contribution in [-0.2, 0) is 13.1 Å². The maximum Gasteiger partial charge on any atom is 0.255 e. The monoisotopic (exact) mass is 440 g/mol. The second-order valence-corrected chi connectivity index (χ2v) is 8.28. The fourth-order valence-corrected chi connectivity index (χ4v) is 3.89. The van der Waals surface area contributed by atoms with Crippen LogP contribution in [0.25, 0.3) is 16.1 Å². The van der Waals surface area contributed by atoms with Crippen LogP contribution in [0.2, 0.25) is 0 Å². The Labute approximate surface area is 191 Å². The lowest BCUT2D eigenvalue weighted by atomic mass is 10.0. The van der Waals surface area contributed by atoms with Gasteiger partial charge in [0.2, 0.25) is 0 Å². The van der Waals surface area contributed by atoms with E-state index in [1.165, 1.54) is 12.3 Å². The van der Waals surface area contributed by atoms with E-state index in [4.69, 9.17) is 11.3 Å². The predicted molar refractivity (Wildman–Crippen MR) is 123 cm³/mol. The zero-order chi connectivity index (χ0) is 22.9. The van der Waals surface area contributed by atoms with Gasteiger partial charge in [0, 0.05) is 31.6 Å². The second-order valence-electron chi connectivity index (χ2n) is 8.28. The van der Waals surface area contributed by atoms with Crippen molar-refractivity contribution in [3.63, 3.8) is 0 Å². The van der Waals surface area contributed by atoms with Crippen molar-refractivity contribution < 1.29 is 13.9 Å². The Morgan fingerprint density at radius 1 is 1.27 bits per heavy atom. The molecule has 2 aliphatic rings. The molecule has 0 radical (unpaired) electrons. The zero-order valence-electron chi connectivity index (χ0n) is 18.1. The summed E-state index contributed by atoms with van der Waals surface area (Å²) in [6.45, 7) is 8.01. The zero-order valence-corrected chi connectivity index (χ0v) is 18.1. The van der Waals surface area contributed by atoms with Gasteiger partial charge in [0.25, 0.3) is 5.91 Å². The van der Waals surface area contributed by atoms with Gasteiger partial charge in [0.15, 0.2) is 5.69 Å². The van der Waals surface area contributed by atoms with E-state index >= 15 is 0 Å². The van der Waals surface area contributed by atoms with Gasteiger partial charge in [-0.3, -0.25) is 14.8 Å². The van der Waals surface area contributed by atoms with Crippen molar-refractivity contribution >= 4 is 17.8 Å². The quantitative estimate of drug-likeness (QED) is 0.496. The van der Waals surface area contributed by atoms with Crippen LogP contribution >= 0.6 is 0 Å². The van der Waals surface area contributed by atoms with Crippen molar-refractivity contribution in [3.8, 4) is 17.0 Å². The third-order valence-corrected chi connectivity index (χ3v) is 5.79. The molecule has 0 unspecified atom stereocenters. The number of hydrogen-bond acceptors (Lipinski definition) is 4. The standard InChI is InChI=1S/C26H21FN4O2/c1-28-19-5-3-4-16(10-19)25-24(33-20-7-8-20)11-18(12-30-25)26(32)31(2)15-17-6-9-23(27)22-14-29-13-21(17)22/h3-6,9-12,14,20H,7-8,13,15H2,2H3. The highest BCUT2D eigenvalue weighted by atomic mass is 19.1. The normalized spacial score (nSPS) is 14.0. The number of amides is 1. The van der Waals surface area contributed by atoms with Crippen LogP contribution in [0, 0.1) is 12.4 Å². The van der Waals surface area contributed by atoms with Crippen molar-refractivity contribution in [3.05, 3.63) is 88.1 Å². The van der Waals surface area contributed by atoms with E-state index in [1.807, 2.05) is 12.1 Å². The van der Waals surface area contributed by atoms with E-state index in [0.717, 1.165) is 29.5 Å². The predicted octanol–water partition coefficient (Wildman–Crippen LogP) is 5.18. The lowest BCUT2D eigenvalue weighted by molar-refractivity contribution is 0.0784. The van der Waals surface area contributed by atoms with Gasteiger partial charge >= 0.3 is 0 Å². The SMILES string of the molecule is [C-]#[N+]c1cccc(-c2ncc(C(=O)N(C)Cc3ccc(F)c4c3CN=C4)cc2OC2CC2)c1. The Bertz CT molecular complexity index is 1320. The Kier molecular flexibility index (Phi) is 5.35. The van der Waals surface area contributed by atoms with E-state index in [0.29, 0.717) is 41.3 Å². The molecule has 33 heavy (non-hydrogen) atoms. The Morgan fingerprint density at radius 2 is 2.12 bits per heavy atom. The number of hydrogen-bond donors (Lipinski definition) is 0. The van der Waals surface area contributed by atoms with Crippen LogP contribution in [0.3, 0.4) is 0 Å². The van der Waals surface area contributed by atoms with E-state index in [2.05, 4.69) is 14.8 Å². The number of nitrogens with zero attached hydrogens (tertiary/aromatic N) is 4. The van der Waals surface area contributed by atoms with Crippen molar-refractivity contribution in [2.45, 2.75) is 32.0 Å². The summed E-state index contributed by atoms with van der Waals surface area (Å²) in [6, 6.07) is 12.0. The third kappa shape index (κ3) is 4.20. The van der Waals surface area contributed by atoms with Crippen molar-refractivity contribution in [1.82, 2.24) is 9.88 Å². The Balaban J connectivity index is 1.42. The van der Waals surface area contributed by atoms with Crippen LogP contribution in [-0.4, -0.2) is 35.2 Å². The summed E-state index contributed by atoms with van der Waals surface area (Å²) in [4.78, 5) is 27.0. The lowest BCUT2D eigenvalue weighted by Crippen LogP contribution is -2.27. The summed E-state index contributed by atoms with van der Waals surface area (Å²) in [6.07, 6.45) is 5.15. The average molecular weight is 440 g/mol. The largest absolute Gasteiger partial charge is 0.488 e. The van der Waals surface area contributed by atoms with Crippen molar-refractivity contribution in [1.29, 1.82) is 0 Å². The highest BCUT2D eigenvalue weighted by Crippen LogP contribution is 2.35. The number of aliphatic imine (C=N–C) groups is 1. The van der Waals surface area contributed by atoms with E-state index < -0.39 is 0 Å². The van der Waals surface area contributed by atoms with Crippen LogP contribution in [0.5, 0.6) is 5.75 Å². The molecule has 1 saturated carbocycles. The molecule has 7 heteroatoms. The molecule has 0 N–H and O–H groups in total. The number of aromatic nitrogens is 1. The number of carbonyl (C=O) groups is 1. The molecule has 1 fully saturated rings. The molecular weight excluding hydrogens is 419 g/mol. The number of pyridine rings is 1. The molecule has 1 aromatic heterocycles. The maximum atomic E-state index is 14.0. The van der Waals surface area contributed by atoms with E-state index in [9.17, 15) is 9.18 Å². The highest BCUT2D eigenvalue weighted by Gasteiger charge is 2.26. The molecule has 2 aromatic carbocycles. The van der Waals surface area contributed by atoms with Crippen LogP contribution in [0.15, 0.2) is 53.7 Å². The molecule has 1 aliphatic heterocycles. The van der Waals surface area contributed by atoms with E-state index in [-0.39, 0.29) is 17.8 Å². The summed E-state index contributed by atoms with van der Waals surface area (Å²) in [7, 11) is 1.71. The molecule has 0 saturated heterocycles. The number of rotatable bonds is 6.